The van der Waals surface area contributed by atoms with E-state index in [1.54, 1.807) is 12.5 Å². The van der Waals surface area contributed by atoms with Gasteiger partial charge in [0.15, 0.2) is 11.5 Å². The van der Waals surface area contributed by atoms with Gasteiger partial charge in [0.1, 0.15) is 17.7 Å². The molecule has 7 heteroatoms. The van der Waals surface area contributed by atoms with Crippen molar-refractivity contribution in [3.63, 3.8) is 0 Å². The summed E-state index contributed by atoms with van der Waals surface area (Å²) in [5, 5.41) is 11.0. The molecule has 2 N–H and O–H groups in total. The van der Waals surface area contributed by atoms with Crippen molar-refractivity contribution < 1.29 is 0 Å². The Bertz CT molecular complexity index is 1050. The van der Waals surface area contributed by atoms with Gasteiger partial charge in [0, 0.05) is 23.9 Å². The molecule has 0 aliphatic heterocycles. The molecule has 0 radical (unpaired) electrons. The average Bonchev–Trinajstić information content (AvgIpc) is 3.26. The second kappa shape index (κ2) is 5.94. The molecule has 0 saturated heterocycles. The maximum Gasteiger partial charge on any atom is 0.168 e. The van der Waals surface area contributed by atoms with E-state index in [0.29, 0.717) is 5.92 Å². The Balaban J connectivity index is 1.46. The summed E-state index contributed by atoms with van der Waals surface area (Å²) in [6.45, 7) is 2.07. The van der Waals surface area contributed by atoms with Crippen molar-refractivity contribution in [2.45, 2.75) is 31.7 Å². The van der Waals surface area contributed by atoms with E-state index in [-0.39, 0.29) is 6.04 Å². The number of rotatable bonds is 5. The first-order valence-corrected chi connectivity index (χ1v) is 8.85. The van der Waals surface area contributed by atoms with Crippen LogP contribution in [0.25, 0.3) is 17.0 Å². The van der Waals surface area contributed by atoms with Crippen LogP contribution in [0.5, 0.6) is 0 Å². The maximum absolute atomic E-state index is 4.75. The molecule has 7 nitrogen and oxygen atoms in total. The number of aromatic amines is 1. The second-order valence-corrected chi connectivity index (χ2v) is 6.73. The Kier molecular flexibility index (Phi) is 3.44. The lowest BCUT2D eigenvalue weighted by Crippen LogP contribution is -2.09. The van der Waals surface area contributed by atoms with Gasteiger partial charge in [-0.2, -0.15) is 5.10 Å². The highest BCUT2D eigenvalue weighted by Gasteiger charge is 2.26. The molecule has 1 atom stereocenters. The summed E-state index contributed by atoms with van der Waals surface area (Å²) in [7, 11) is 0. The molecule has 0 aromatic carbocycles. The number of hydrogen-bond donors (Lipinski definition) is 2. The van der Waals surface area contributed by atoms with Gasteiger partial charge in [-0.3, -0.25) is 14.6 Å². The zero-order valence-corrected chi connectivity index (χ0v) is 14.4. The Morgan fingerprint density at radius 1 is 1.19 bits per heavy atom. The van der Waals surface area contributed by atoms with E-state index in [2.05, 4.69) is 38.5 Å². The van der Waals surface area contributed by atoms with Gasteiger partial charge in [0.2, 0.25) is 0 Å². The molecule has 0 amide bonds. The van der Waals surface area contributed by atoms with Crippen LogP contribution in [0.1, 0.15) is 43.1 Å². The summed E-state index contributed by atoms with van der Waals surface area (Å²) in [6, 6.07) is 12.0. The van der Waals surface area contributed by atoms with Gasteiger partial charge in [-0.25, -0.2) is 9.97 Å². The van der Waals surface area contributed by atoms with Crippen LogP contribution in [-0.2, 0) is 0 Å². The molecule has 26 heavy (non-hydrogen) atoms. The first-order chi connectivity index (χ1) is 12.8. The molecule has 0 unspecified atom stereocenters. The van der Waals surface area contributed by atoms with E-state index in [1.165, 1.54) is 18.5 Å². The molecule has 4 aromatic heterocycles. The molecule has 1 aliphatic rings. The minimum absolute atomic E-state index is 0.0596. The van der Waals surface area contributed by atoms with E-state index in [0.717, 1.165) is 28.5 Å². The van der Waals surface area contributed by atoms with E-state index < -0.39 is 0 Å². The number of H-pyrrole nitrogens is 1. The Morgan fingerprint density at radius 3 is 2.92 bits per heavy atom. The largest absolute Gasteiger partial charge is 0.362 e. The lowest BCUT2D eigenvalue weighted by atomic mass is 10.2. The first kappa shape index (κ1) is 15.1. The van der Waals surface area contributed by atoms with Crippen LogP contribution in [0, 0.1) is 0 Å². The van der Waals surface area contributed by atoms with Gasteiger partial charge in [-0.05, 0) is 44.0 Å². The molecule has 1 aliphatic carbocycles. The predicted molar refractivity (Wildman–Crippen MR) is 99.3 cm³/mol. The minimum Gasteiger partial charge on any atom is -0.362 e. The number of aromatic nitrogens is 6. The maximum atomic E-state index is 4.75. The van der Waals surface area contributed by atoms with Gasteiger partial charge in [0.25, 0.3) is 0 Å². The third-order valence-electron chi connectivity index (χ3n) is 4.74. The quantitative estimate of drug-likeness (QED) is 0.577. The number of nitrogens with one attached hydrogen (secondary N) is 2. The minimum atomic E-state index is 0.0596. The van der Waals surface area contributed by atoms with Crippen molar-refractivity contribution in [1.29, 1.82) is 0 Å². The number of fused-ring (bicyclic) bond motifs is 1. The molecule has 0 bridgehead atoms. The van der Waals surface area contributed by atoms with E-state index in [1.807, 2.05) is 34.9 Å². The molecular weight excluding hydrogens is 326 g/mol. The number of anilines is 1. The lowest BCUT2D eigenvalue weighted by molar-refractivity contribution is 0.832. The van der Waals surface area contributed by atoms with E-state index in [4.69, 9.17) is 4.98 Å². The van der Waals surface area contributed by atoms with Crippen LogP contribution < -0.4 is 5.32 Å². The molecule has 4 aromatic rings. The molecule has 130 valence electrons. The SMILES string of the molecule is C[C@H](Nc1ccc2ncn(-c3cc(C4CC4)[nH]n3)c2n1)c1ccccn1. The lowest BCUT2D eigenvalue weighted by Gasteiger charge is -2.13. The molecule has 1 fully saturated rings. The van der Waals surface area contributed by atoms with Gasteiger partial charge in [-0.15, -0.1) is 0 Å². The summed E-state index contributed by atoms with van der Waals surface area (Å²) in [4.78, 5) is 13.6. The Morgan fingerprint density at radius 2 is 2.12 bits per heavy atom. The third kappa shape index (κ3) is 2.71. The van der Waals surface area contributed by atoms with Gasteiger partial charge in [-0.1, -0.05) is 6.07 Å². The summed E-state index contributed by atoms with van der Waals surface area (Å²) >= 11 is 0. The highest BCUT2D eigenvalue weighted by Crippen LogP contribution is 2.39. The zero-order valence-electron chi connectivity index (χ0n) is 14.4. The Labute approximate surface area is 150 Å². The molecular formula is C19H19N7. The van der Waals surface area contributed by atoms with Crippen molar-refractivity contribution in [3.8, 4) is 5.82 Å². The zero-order chi connectivity index (χ0) is 17.5. The fourth-order valence-electron chi connectivity index (χ4n) is 3.12. The highest BCUT2D eigenvalue weighted by molar-refractivity contribution is 5.74. The second-order valence-electron chi connectivity index (χ2n) is 6.73. The molecule has 0 spiro atoms. The molecule has 1 saturated carbocycles. The van der Waals surface area contributed by atoms with Crippen LogP contribution in [0.4, 0.5) is 5.82 Å². The fraction of sp³-hybridized carbons (Fsp3) is 0.263. The van der Waals surface area contributed by atoms with Crippen molar-refractivity contribution in [1.82, 2.24) is 29.7 Å². The van der Waals surface area contributed by atoms with Crippen LogP contribution in [0.3, 0.4) is 0 Å². The van der Waals surface area contributed by atoms with Crippen molar-refractivity contribution in [2.24, 2.45) is 0 Å². The summed E-state index contributed by atoms with van der Waals surface area (Å²) in [5.74, 6) is 2.25. The van der Waals surface area contributed by atoms with Crippen LogP contribution in [-0.4, -0.2) is 29.7 Å². The van der Waals surface area contributed by atoms with Crippen LogP contribution in [0.2, 0.25) is 0 Å². The van der Waals surface area contributed by atoms with Gasteiger partial charge < -0.3 is 5.32 Å². The topological polar surface area (TPSA) is 84.3 Å². The fourth-order valence-corrected chi connectivity index (χ4v) is 3.12. The first-order valence-electron chi connectivity index (χ1n) is 8.85. The summed E-state index contributed by atoms with van der Waals surface area (Å²) in [6.07, 6.45) is 6.05. The third-order valence-corrected chi connectivity index (χ3v) is 4.74. The number of nitrogens with zero attached hydrogens (tertiary/aromatic N) is 5. The monoisotopic (exact) mass is 345 g/mol. The van der Waals surface area contributed by atoms with Crippen LogP contribution in [0.15, 0.2) is 48.9 Å². The number of hydrogen-bond acceptors (Lipinski definition) is 5. The van der Waals surface area contributed by atoms with E-state index >= 15 is 0 Å². The summed E-state index contributed by atoms with van der Waals surface area (Å²) < 4.78 is 1.92. The number of imidazole rings is 1. The Hall–Kier alpha value is -3.22. The van der Waals surface area contributed by atoms with Crippen molar-refractivity contribution in [3.05, 3.63) is 60.3 Å². The van der Waals surface area contributed by atoms with Crippen molar-refractivity contribution >= 4 is 17.0 Å². The number of pyridine rings is 2. The predicted octanol–water partition coefficient (Wildman–Crippen LogP) is 3.59. The van der Waals surface area contributed by atoms with Crippen LogP contribution >= 0.6 is 0 Å². The average molecular weight is 345 g/mol. The highest BCUT2D eigenvalue weighted by atomic mass is 15.2. The standard InChI is InChI=1S/C19H19N7/c1-12(14-4-2-3-9-20-14)22-17-8-7-15-19(23-17)26(11-21-15)18-10-16(24-25-18)13-5-6-13/h2-4,7-13H,5-6H2,1H3,(H,22,23)(H,24,25)/t12-/m0/s1. The van der Waals surface area contributed by atoms with Crippen molar-refractivity contribution in [2.75, 3.05) is 5.32 Å². The normalized spacial score (nSPS) is 15.3. The van der Waals surface area contributed by atoms with E-state index in [9.17, 15) is 0 Å². The summed E-state index contributed by atoms with van der Waals surface area (Å²) in [5.41, 5.74) is 3.80. The smallest absolute Gasteiger partial charge is 0.168 e. The molecule has 5 rings (SSSR count). The van der Waals surface area contributed by atoms with Gasteiger partial charge in [0.05, 0.1) is 11.7 Å². The molecule has 4 heterocycles. The van der Waals surface area contributed by atoms with Gasteiger partial charge >= 0.3 is 0 Å².